The third kappa shape index (κ3) is 7.31. The average Bonchev–Trinajstić information content (AvgIpc) is 3.83. The van der Waals surface area contributed by atoms with Gasteiger partial charge in [0.25, 0.3) is 11.8 Å². The number of fused-ring (bicyclic) bond motifs is 3. The van der Waals surface area contributed by atoms with Crippen LogP contribution in [0.25, 0.3) is 11.3 Å². The van der Waals surface area contributed by atoms with Gasteiger partial charge in [0.1, 0.15) is 17.9 Å². The Morgan fingerprint density at radius 3 is 2.34 bits per heavy atom. The van der Waals surface area contributed by atoms with Crippen molar-refractivity contribution >= 4 is 59.6 Å². The van der Waals surface area contributed by atoms with Crippen molar-refractivity contribution in [3.05, 3.63) is 118 Å². The number of hydrogen-bond donors (Lipinski definition) is 2. The van der Waals surface area contributed by atoms with E-state index in [0.29, 0.717) is 96.5 Å². The summed E-state index contributed by atoms with van der Waals surface area (Å²) in [6.45, 7) is 4.74. The van der Waals surface area contributed by atoms with Crippen molar-refractivity contribution in [3.8, 4) is 34.4 Å². The molecule has 0 aliphatic carbocycles. The summed E-state index contributed by atoms with van der Waals surface area (Å²) in [5, 5.41) is 10.7. The van der Waals surface area contributed by atoms with Crippen molar-refractivity contribution in [2.24, 2.45) is 0 Å². The zero-order valence-electron chi connectivity index (χ0n) is 30.2. The second kappa shape index (κ2) is 16.5. The number of amides is 2. The first-order valence-electron chi connectivity index (χ1n) is 18.1. The maximum absolute atomic E-state index is 15.2. The molecule has 0 spiro atoms. The Kier molecular flexibility index (Phi) is 11.6. The number of rotatable bonds is 7. The summed E-state index contributed by atoms with van der Waals surface area (Å²) in [5.74, 6) is 0.848. The molecule has 0 bridgehead atoms. The highest BCUT2D eigenvalue weighted by Crippen LogP contribution is 2.43. The van der Waals surface area contributed by atoms with Gasteiger partial charge in [-0.15, -0.1) is 24.8 Å². The normalized spacial score (nSPS) is 16.9. The number of aromatic nitrogens is 1. The Labute approximate surface area is 341 Å². The number of carbonyl (C=O) groups is 2. The van der Waals surface area contributed by atoms with E-state index in [1.807, 2.05) is 59.5 Å². The minimum absolute atomic E-state index is 0. The zero-order valence-corrected chi connectivity index (χ0v) is 32.6. The fraction of sp³-hybridized carbons (Fsp3) is 0.268. The minimum atomic E-state index is -0.352. The van der Waals surface area contributed by atoms with Crippen molar-refractivity contribution in [2.75, 3.05) is 63.1 Å². The van der Waals surface area contributed by atoms with Crippen LogP contribution in [0.3, 0.4) is 0 Å². The maximum atomic E-state index is 15.2. The third-order valence-electron chi connectivity index (χ3n) is 10.4. The van der Waals surface area contributed by atoms with Gasteiger partial charge in [-0.3, -0.25) is 19.4 Å². The Hall–Kier alpha value is -5.11. The number of para-hydroxylation sites is 1. The Balaban J connectivity index is 0.00000240. The molecule has 5 heterocycles. The van der Waals surface area contributed by atoms with Gasteiger partial charge in [0.2, 0.25) is 12.7 Å². The highest BCUT2D eigenvalue weighted by Gasteiger charge is 2.37. The molecule has 1 fully saturated rings. The monoisotopic (exact) mass is 819 g/mol. The molecule has 12 nitrogen and oxygen atoms in total. The van der Waals surface area contributed by atoms with Crippen LogP contribution in [-0.4, -0.2) is 90.2 Å². The molecule has 2 N–H and O–H groups in total. The number of hydrogen-bond acceptors (Lipinski definition) is 9. The lowest BCUT2D eigenvalue weighted by atomic mass is 9.91. The molecule has 15 heteroatoms. The molecule has 0 radical (unpaired) electrons. The fourth-order valence-electron chi connectivity index (χ4n) is 7.74. The molecule has 9 rings (SSSR count). The molecule has 56 heavy (non-hydrogen) atoms. The second-order valence-electron chi connectivity index (χ2n) is 13.7. The van der Waals surface area contributed by atoms with Crippen molar-refractivity contribution in [2.45, 2.75) is 19.0 Å². The highest BCUT2D eigenvalue weighted by atomic mass is 35.5. The summed E-state index contributed by atoms with van der Waals surface area (Å²) in [6.07, 6.45) is 0.610. The summed E-state index contributed by atoms with van der Waals surface area (Å²) in [6, 6.07) is 26.8. The number of nitrogens with one attached hydrogen (secondary N) is 1. The quantitative estimate of drug-likeness (QED) is 0.181. The van der Waals surface area contributed by atoms with Gasteiger partial charge in [-0.05, 0) is 78.2 Å². The lowest BCUT2D eigenvalue weighted by Gasteiger charge is -2.41. The van der Waals surface area contributed by atoms with Crippen LogP contribution >= 0.6 is 36.4 Å². The first-order valence-corrected chi connectivity index (χ1v) is 18.4. The highest BCUT2D eigenvalue weighted by molar-refractivity contribution is 6.31. The average molecular weight is 821 g/mol. The van der Waals surface area contributed by atoms with Gasteiger partial charge in [-0.25, -0.2) is 4.68 Å². The number of halogens is 3. The van der Waals surface area contributed by atoms with Crippen LogP contribution in [0.15, 0.2) is 91.0 Å². The van der Waals surface area contributed by atoms with Gasteiger partial charge in [-0.2, -0.15) is 0 Å². The van der Waals surface area contributed by atoms with Crippen LogP contribution in [-0.2, 0) is 17.7 Å². The van der Waals surface area contributed by atoms with E-state index in [2.05, 4.69) is 10.3 Å². The second-order valence-corrected chi connectivity index (χ2v) is 14.1. The van der Waals surface area contributed by atoms with Crippen molar-refractivity contribution < 1.29 is 33.6 Å². The van der Waals surface area contributed by atoms with Crippen LogP contribution in [0, 0.1) is 0 Å². The largest absolute Gasteiger partial charge is 0.508 e. The lowest BCUT2D eigenvalue weighted by Crippen LogP contribution is -2.52. The van der Waals surface area contributed by atoms with Crippen LogP contribution in [0.4, 0.5) is 11.4 Å². The van der Waals surface area contributed by atoms with Crippen LogP contribution in [0.5, 0.6) is 23.1 Å². The fourth-order valence-corrected chi connectivity index (χ4v) is 8.01. The van der Waals surface area contributed by atoms with E-state index in [0.717, 1.165) is 24.2 Å². The molecule has 4 aromatic carbocycles. The number of ether oxygens (including phenoxy) is 4. The standard InChI is InChI=1S/C41H38ClN5O7.2ClH/c42-35-8-4-5-26-23-45(29(19-31(26)35)24-44-14-17-51-18-15-44)39(49)33-22-38-37(53-25-54-38)21-32(33)36-20-34(41-47(36)43-13-16-52-41)40(50)46(27-6-2-1-3-7-27)28-9-11-30(48)12-10-28;;/h1-12,20-22,29,43,48H,13-19,23-25H2;2*1H/t29-;;/m0../s1. The van der Waals surface area contributed by atoms with Crippen LogP contribution in [0.1, 0.15) is 31.8 Å². The van der Waals surface area contributed by atoms with Gasteiger partial charge in [0.15, 0.2) is 11.5 Å². The van der Waals surface area contributed by atoms with E-state index in [1.54, 1.807) is 46.0 Å². The smallest absolute Gasteiger partial charge is 0.268 e. The lowest BCUT2D eigenvalue weighted by molar-refractivity contribution is 0.0193. The molecule has 4 aliphatic rings. The molecule has 2 amide bonds. The maximum Gasteiger partial charge on any atom is 0.268 e. The van der Waals surface area contributed by atoms with E-state index < -0.39 is 0 Å². The molecular weight excluding hydrogens is 781 g/mol. The van der Waals surface area contributed by atoms with E-state index in [1.165, 1.54) is 0 Å². The van der Waals surface area contributed by atoms with Gasteiger partial charge in [-0.1, -0.05) is 41.9 Å². The Morgan fingerprint density at radius 1 is 0.839 bits per heavy atom. The summed E-state index contributed by atoms with van der Waals surface area (Å²) in [5.41, 5.74) is 8.45. The molecule has 5 aromatic rings. The third-order valence-corrected chi connectivity index (χ3v) is 10.8. The predicted octanol–water partition coefficient (Wildman–Crippen LogP) is 6.90. The van der Waals surface area contributed by atoms with Gasteiger partial charge in [0.05, 0.1) is 31.0 Å². The molecule has 292 valence electrons. The van der Waals surface area contributed by atoms with Crippen molar-refractivity contribution in [1.29, 1.82) is 0 Å². The van der Waals surface area contributed by atoms with Crippen LogP contribution < -0.4 is 24.5 Å². The number of anilines is 2. The number of morpholine rings is 1. The minimum Gasteiger partial charge on any atom is -0.508 e. The number of carbonyl (C=O) groups excluding carboxylic acids is 2. The van der Waals surface area contributed by atoms with Crippen molar-refractivity contribution in [3.63, 3.8) is 0 Å². The Morgan fingerprint density at radius 2 is 1.57 bits per heavy atom. The summed E-state index contributed by atoms with van der Waals surface area (Å²) >= 11 is 6.74. The van der Waals surface area contributed by atoms with Gasteiger partial charge in [0, 0.05) is 54.2 Å². The molecule has 4 aliphatic heterocycles. The summed E-state index contributed by atoms with van der Waals surface area (Å²) in [4.78, 5) is 35.8. The van der Waals surface area contributed by atoms with Crippen molar-refractivity contribution in [1.82, 2.24) is 14.5 Å². The van der Waals surface area contributed by atoms with Crippen LogP contribution in [0.2, 0.25) is 5.02 Å². The van der Waals surface area contributed by atoms with Gasteiger partial charge < -0.3 is 34.4 Å². The molecule has 0 saturated carbocycles. The predicted molar refractivity (Wildman–Crippen MR) is 217 cm³/mol. The number of aromatic hydroxyl groups is 1. The molecule has 1 atom stereocenters. The number of phenols is 1. The molecular formula is C41H40Cl3N5O7. The number of nitrogens with zero attached hydrogens (tertiary/aromatic N) is 4. The zero-order chi connectivity index (χ0) is 36.8. The number of phenolic OH excluding ortho intramolecular Hbond substituents is 1. The number of benzene rings is 4. The first kappa shape index (κ1) is 39.1. The molecule has 1 aromatic heterocycles. The van der Waals surface area contributed by atoms with E-state index in [9.17, 15) is 9.90 Å². The van der Waals surface area contributed by atoms with E-state index >= 15 is 4.79 Å². The van der Waals surface area contributed by atoms with E-state index in [-0.39, 0.29) is 60.8 Å². The molecule has 1 saturated heterocycles. The summed E-state index contributed by atoms with van der Waals surface area (Å²) < 4.78 is 25.2. The Bertz CT molecular complexity index is 2230. The SMILES string of the molecule is Cl.Cl.O=C(c1cc(-c2cc3c(cc2C(=O)N2Cc4cccc(Cl)c4C[C@H]2CN2CCOCC2)OCO3)n2c1OCCN2)N(c1ccccc1)c1ccc(O)cc1. The van der Waals surface area contributed by atoms with Gasteiger partial charge >= 0.3 is 0 Å². The van der Waals surface area contributed by atoms with E-state index in [4.69, 9.17) is 30.5 Å². The molecule has 0 unspecified atom stereocenters. The first-order chi connectivity index (χ1) is 26.4. The summed E-state index contributed by atoms with van der Waals surface area (Å²) in [7, 11) is 0. The topological polar surface area (TPSA) is 118 Å².